The first-order valence-electron chi connectivity index (χ1n) is 18.5. The lowest BCUT2D eigenvalue weighted by molar-refractivity contribution is -0.144. The summed E-state index contributed by atoms with van der Waals surface area (Å²) in [6, 6.07) is -2.40. The zero-order valence-electron chi connectivity index (χ0n) is 31.9. The van der Waals surface area contributed by atoms with Crippen molar-refractivity contribution in [3.8, 4) is 0 Å². The summed E-state index contributed by atoms with van der Waals surface area (Å²) in [5.41, 5.74) is -1.87. The second-order valence-corrected chi connectivity index (χ2v) is 20.4. The molecule has 0 aromatic heterocycles. The van der Waals surface area contributed by atoms with Crippen molar-refractivity contribution in [1.82, 2.24) is 15.5 Å². The van der Waals surface area contributed by atoms with Gasteiger partial charge < -0.3 is 15.5 Å². The summed E-state index contributed by atoms with van der Waals surface area (Å²) in [5.74, 6) is -2.67. The summed E-state index contributed by atoms with van der Waals surface area (Å²) in [4.78, 5) is 70.1. The zero-order valence-corrected chi connectivity index (χ0v) is 32.7. The molecule has 3 rings (SSSR count). The predicted octanol–water partition coefficient (Wildman–Crippen LogP) is 6.14. The fourth-order valence-electron chi connectivity index (χ4n) is 7.99. The number of fused-ring (bicyclic) bond motifs is 1. The van der Waals surface area contributed by atoms with E-state index >= 15 is 0 Å². The largest absolute Gasteiger partial charge is 0.332 e. The number of nitrogens with one attached hydrogen (secondary N) is 2. The van der Waals surface area contributed by atoms with E-state index in [0.717, 1.165) is 19.3 Å². The summed E-state index contributed by atoms with van der Waals surface area (Å²) in [5, 5.41) is 5.91. The Balaban J connectivity index is 1.86. The lowest BCUT2D eigenvalue weighted by atomic mass is 9.82. The van der Waals surface area contributed by atoms with Crippen molar-refractivity contribution in [2.24, 2.45) is 28.6 Å². The number of unbranched alkanes of at least 4 members (excludes halogenated alkanes) is 1. The fourth-order valence-corrected chi connectivity index (χ4v) is 9.51. The van der Waals surface area contributed by atoms with Crippen LogP contribution >= 0.6 is 0 Å². The van der Waals surface area contributed by atoms with Gasteiger partial charge in [0.1, 0.15) is 6.04 Å². The van der Waals surface area contributed by atoms with E-state index in [1.165, 1.54) is 0 Å². The molecule has 0 aromatic rings. The van der Waals surface area contributed by atoms with Crippen LogP contribution in [0.2, 0.25) is 0 Å². The van der Waals surface area contributed by atoms with Gasteiger partial charge in [0.05, 0.1) is 22.1 Å². The Morgan fingerprint density at radius 1 is 0.940 bits per heavy atom. The number of amides is 3. The topological polar surface area (TPSA) is 147 Å². The maximum absolute atomic E-state index is 14.5. The van der Waals surface area contributed by atoms with Crippen LogP contribution in [0.1, 0.15) is 126 Å². The SMILES string of the molecule is C=CCCCC(=O)C(=O)C(CCC=C)CC(=O)[C@@H]1[C@@H]2[C@H](CN1C(=O)[C@@H](NC(=O)NC1(CS(=O)(=O)C(C)(C)C)CCCCC1)C(C)(C)C)C2(C)C. The van der Waals surface area contributed by atoms with Gasteiger partial charge in [-0.05, 0) is 82.0 Å². The maximum Gasteiger partial charge on any atom is 0.315 e. The normalized spacial score (nSPS) is 23.9. The van der Waals surface area contributed by atoms with Gasteiger partial charge in [0.25, 0.3) is 0 Å². The third-order valence-corrected chi connectivity index (χ3v) is 14.2. The van der Waals surface area contributed by atoms with Crippen LogP contribution in [-0.2, 0) is 29.0 Å². The lowest BCUT2D eigenvalue weighted by Gasteiger charge is -2.41. The minimum Gasteiger partial charge on any atom is -0.332 e. The van der Waals surface area contributed by atoms with Crippen LogP contribution in [0.5, 0.6) is 0 Å². The van der Waals surface area contributed by atoms with E-state index in [1.807, 2.05) is 20.8 Å². The van der Waals surface area contributed by atoms with Gasteiger partial charge in [0, 0.05) is 25.3 Å². The Bertz CT molecular complexity index is 1430. The molecule has 1 unspecified atom stereocenters. The van der Waals surface area contributed by atoms with Crippen LogP contribution < -0.4 is 10.6 Å². The van der Waals surface area contributed by atoms with Crippen molar-refractivity contribution < 1.29 is 32.4 Å². The molecule has 2 aliphatic carbocycles. The maximum atomic E-state index is 14.5. The van der Waals surface area contributed by atoms with Crippen molar-refractivity contribution >= 4 is 39.1 Å². The third kappa shape index (κ3) is 9.53. The molecule has 5 atom stereocenters. The van der Waals surface area contributed by atoms with E-state index in [2.05, 4.69) is 37.6 Å². The summed E-state index contributed by atoms with van der Waals surface area (Å²) in [6.45, 7) is 22.4. The predicted molar refractivity (Wildman–Crippen MR) is 197 cm³/mol. The number of carbonyl (C=O) groups is 5. The molecule has 0 bridgehead atoms. The average Bonchev–Trinajstić information content (AvgIpc) is 3.31. The molecule has 1 aliphatic heterocycles. The molecule has 2 N–H and O–H groups in total. The van der Waals surface area contributed by atoms with Gasteiger partial charge >= 0.3 is 6.03 Å². The van der Waals surface area contributed by atoms with Crippen LogP contribution in [0, 0.1) is 28.6 Å². The van der Waals surface area contributed by atoms with Crippen LogP contribution in [0.3, 0.4) is 0 Å². The molecule has 1 heterocycles. The van der Waals surface area contributed by atoms with Gasteiger partial charge in [-0.1, -0.05) is 66.0 Å². The van der Waals surface area contributed by atoms with Crippen LogP contribution in [-0.4, -0.2) is 77.3 Å². The Morgan fingerprint density at radius 3 is 2.08 bits per heavy atom. The molecule has 3 fully saturated rings. The van der Waals surface area contributed by atoms with Gasteiger partial charge in [-0.2, -0.15) is 0 Å². The fraction of sp³-hybridized carbons (Fsp3) is 0.769. The number of urea groups is 1. The van der Waals surface area contributed by atoms with E-state index in [9.17, 15) is 32.4 Å². The third-order valence-electron chi connectivity index (χ3n) is 11.4. The van der Waals surface area contributed by atoms with Crippen molar-refractivity contribution in [2.45, 2.75) is 148 Å². The summed E-state index contributed by atoms with van der Waals surface area (Å²) >= 11 is 0. The van der Waals surface area contributed by atoms with E-state index in [1.54, 1.807) is 37.8 Å². The van der Waals surface area contributed by atoms with Gasteiger partial charge in [0.15, 0.2) is 21.4 Å². The molecule has 0 radical (unpaired) electrons. The van der Waals surface area contributed by atoms with Gasteiger partial charge in [-0.15, -0.1) is 13.2 Å². The molecular weight excluding hydrogens is 655 g/mol. The van der Waals surface area contributed by atoms with Crippen LogP contribution in [0.25, 0.3) is 0 Å². The zero-order chi connectivity index (χ0) is 37.9. The van der Waals surface area contributed by atoms with E-state index in [-0.39, 0.29) is 47.5 Å². The van der Waals surface area contributed by atoms with Gasteiger partial charge in [-0.3, -0.25) is 19.2 Å². The average molecular weight is 718 g/mol. The number of carbonyl (C=O) groups excluding carboxylic acids is 5. The summed E-state index contributed by atoms with van der Waals surface area (Å²) in [6.07, 6.45) is 8.80. The smallest absolute Gasteiger partial charge is 0.315 e. The Hall–Kier alpha value is -2.82. The number of nitrogens with zero attached hydrogens (tertiary/aromatic N) is 1. The van der Waals surface area contributed by atoms with Crippen molar-refractivity contribution in [3.05, 3.63) is 25.3 Å². The number of piperidine rings is 1. The molecule has 1 saturated heterocycles. The highest BCUT2D eigenvalue weighted by Crippen LogP contribution is 2.65. The standard InChI is InChI=1S/C39H63N3O7S/c1-11-13-16-20-28(43)32(45)26(19-14-12-2)23-29(44)31-30-27(38(30,9)10)24-42(31)34(46)33(36(3,4)5)40-35(47)41-39(21-17-15-18-22-39)25-50(48,49)37(6,7)8/h11-12,26-27,30-31,33H,1-2,13-25H2,3-10H3,(H2,40,41,47)/t26?,27-,30-,31+,33+/m0/s1. The number of sulfone groups is 1. The number of rotatable bonds is 17. The molecule has 11 heteroatoms. The molecule has 282 valence electrons. The van der Waals surface area contributed by atoms with Crippen molar-refractivity contribution in [2.75, 3.05) is 12.3 Å². The second kappa shape index (κ2) is 15.8. The number of likely N-dealkylation sites (tertiary alicyclic amines) is 1. The summed E-state index contributed by atoms with van der Waals surface area (Å²) in [7, 11) is -3.56. The van der Waals surface area contributed by atoms with Gasteiger partial charge in [0.2, 0.25) is 11.7 Å². The van der Waals surface area contributed by atoms with E-state index in [4.69, 9.17) is 0 Å². The molecule has 0 spiro atoms. The molecule has 3 aliphatic rings. The molecular formula is C39H63N3O7S. The van der Waals surface area contributed by atoms with E-state index in [0.29, 0.717) is 45.1 Å². The highest BCUT2D eigenvalue weighted by Gasteiger charge is 2.69. The highest BCUT2D eigenvalue weighted by atomic mass is 32.2. The first-order valence-corrected chi connectivity index (χ1v) is 20.1. The molecule has 3 amide bonds. The number of Topliss-reactive ketones (excluding diaryl/α,β-unsaturated/α-hetero) is 3. The molecule has 10 nitrogen and oxygen atoms in total. The van der Waals surface area contributed by atoms with E-state index < -0.39 is 61.1 Å². The Labute approximate surface area is 301 Å². The summed E-state index contributed by atoms with van der Waals surface area (Å²) < 4.78 is 25.7. The minimum atomic E-state index is -3.56. The molecule has 2 saturated carbocycles. The van der Waals surface area contributed by atoms with Crippen LogP contribution in [0.15, 0.2) is 25.3 Å². The Kier molecular flexibility index (Phi) is 13.2. The monoisotopic (exact) mass is 717 g/mol. The first-order chi connectivity index (χ1) is 23.0. The Morgan fingerprint density at radius 2 is 1.54 bits per heavy atom. The number of hydrogen-bond donors (Lipinski definition) is 2. The van der Waals surface area contributed by atoms with Crippen molar-refractivity contribution in [1.29, 1.82) is 0 Å². The number of hydrogen-bond acceptors (Lipinski definition) is 7. The first kappa shape index (κ1) is 41.6. The molecule has 0 aromatic carbocycles. The minimum absolute atomic E-state index is 0.0887. The second-order valence-electron chi connectivity index (χ2n) is 17.7. The lowest BCUT2D eigenvalue weighted by Crippen LogP contribution is -2.63. The van der Waals surface area contributed by atoms with Crippen LogP contribution in [0.4, 0.5) is 4.79 Å². The highest BCUT2D eigenvalue weighted by molar-refractivity contribution is 7.92. The number of ketones is 3. The van der Waals surface area contributed by atoms with Crippen molar-refractivity contribution in [3.63, 3.8) is 0 Å². The quantitative estimate of drug-likeness (QED) is 0.104. The number of allylic oxidation sites excluding steroid dienone is 2. The van der Waals surface area contributed by atoms with Gasteiger partial charge in [-0.25, -0.2) is 13.2 Å². The molecule has 50 heavy (non-hydrogen) atoms.